The first-order valence-electron chi connectivity index (χ1n) is 8.24. The van der Waals surface area contributed by atoms with E-state index in [1.54, 1.807) is 13.3 Å². The number of hydrogen-bond acceptors (Lipinski definition) is 3. The Balaban J connectivity index is 0.00000105. The standard InChI is InChI=1S/C20H25NO2.2ClH.Zr/c1-14(2)21-13-15-11-17(23-5)12-18(19(15)22)20(3,4)16-9-7-6-8-10-16;;;/h6-14,22H,1-5H3;2*1H;/q;;;+2/p-2. The maximum absolute atomic E-state index is 10.8. The van der Waals surface area contributed by atoms with Crippen LogP contribution in [0.4, 0.5) is 0 Å². The van der Waals surface area contributed by atoms with Crippen molar-refractivity contribution in [3.63, 3.8) is 0 Å². The zero-order valence-corrected chi connectivity index (χ0v) is 19.7. The summed E-state index contributed by atoms with van der Waals surface area (Å²) in [6, 6.07) is 14.0. The number of methoxy groups -OCH3 is 1. The number of phenols is 1. The monoisotopic (exact) mass is 471 g/mol. The Kier molecular flexibility index (Phi) is 9.92. The van der Waals surface area contributed by atoms with E-state index < -0.39 is 20.8 Å². The van der Waals surface area contributed by atoms with Crippen molar-refractivity contribution in [2.45, 2.75) is 39.2 Å². The van der Waals surface area contributed by atoms with Gasteiger partial charge in [-0.2, -0.15) is 0 Å². The third-order valence-electron chi connectivity index (χ3n) is 4.03. The summed E-state index contributed by atoms with van der Waals surface area (Å²) in [4.78, 5) is 4.39. The maximum atomic E-state index is 10.8. The number of rotatable bonds is 5. The summed E-state index contributed by atoms with van der Waals surface area (Å²) in [6.45, 7) is 8.20. The molecule has 2 rings (SSSR count). The van der Waals surface area contributed by atoms with Gasteiger partial charge in [0.2, 0.25) is 0 Å². The Hall–Kier alpha value is -0.827. The summed E-state index contributed by atoms with van der Waals surface area (Å²) in [6.07, 6.45) is 1.72. The molecule has 6 heteroatoms. The van der Waals surface area contributed by atoms with E-state index in [-0.39, 0.29) is 17.2 Å². The second-order valence-corrected chi connectivity index (χ2v) is 10.3. The fourth-order valence-corrected chi connectivity index (χ4v) is 2.56. The molecule has 2 aromatic rings. The molecule has 0 saturated heterocycles. The van der Waals surface area contributed by atoms with Crippen LogP contribution in [0, 0.1) is 0 Å². The number of aromatic hydroxyl groups is 1. The van der Waals surface area contributed by atoms with Crippen molar-refractivity contribution in [3.8, 4) is 11.5 Å². The second kappa shape index (κ2) is 11.1. The first-order chi connectivity index (χ1) is 12.3. The number of aliphatic imine (C=N–C) groups is 1. The average Bonchev–Trinajstić information content (AvgIpc) is 2.62. The van der Waals surface area contributed by atoms with Gasteiger partial charge in [-0.25, -0.2) is 0 Å². The Labute approximate surface area is 175 Å². The summed E-state index contributed by atoms with van der Waals surface area (Å²) in [5.41, 5.74) is 2.29. The molecule has 0 heterocycles. The minimum absolute atomic E-state index is 0.172. The third-order valence-corrected chi connectivity index (χ3v) is 4.03. The molecule has 0 fully saturated rings. The molecular formula is C20H25Cl2NO2Zr. The summed E-state index contributed by atoms with van der Waals surface area (Å²) in [7, 11) is 11.5. The molecule has 26 heavy (non-hydrogen) atoms. The van der Waals surface area contributed by atoms with E-state index in [1.807, 2.05) is 44.2 Å². The zero-order valence-electron chi connectivity index (χ0n) is 15.8. The molecule has 0 saturated carbocycles. The fourth-order valence-electron chi connectivity index (χ4n) is 2.56. The van der Waals surface area contributed by atoms with Crippen molar-refractivity contribution in [2.24, 2.45) is 4.99 Å². The Bertz CT molecular complexity index is 719. The van der Waals surface area contributed by atoms with Crippen LogP contribution in [0.15, 0.2) is 47.5 Å². The predicted molar refractivity (Wildman–Crippen MR) is 108 cm³/mol. The molecule has 0 aliphatic heterocycles. The van der Waals surface area contributed by atoms with Gasteiger partial charge in [-0.3, -0.25) is 4.99 Å². The van der Waals surface area contributed by atoms with Crippen molar-refractivity contribution in [1.29, 1.82) is 0 Å². The van der Waals surface area contributed by atoms with Gasteiger partial charge >= 0.3 is 37.9 Å². The predicted octanol–water partition coefficient (Wildman–Crippen LogP) is 5.93. The van der Waals surface area contributed by atoms with Crippen LogP contribution in [0.3, 0.4) is 0 Å². The van der Waals surface area contributed by atoms with Crippen LogP contribution >= 0.6 is 17.0 Å². The third kappa shape index (κ3) is 6.41. The first kappa shape index (κ1) is 23.2. The number of ether oxygens (including phenoxy) is 1. The molecule has 140 valence electrons. The van der Waals surface area contributed by atoms with Gasteiger partial charge < -0.3 is 9.84 Å². The number of halogens is 2. The Morgan fingerprint density at radius 2 is 1.73 bits per heavy atom. The van der Waals surface area contributed by atoms with Crippen LogP contribution in [-0.4, -0.2) is 24.5 Å². The number of nitrogens with zero attached hydrogens (tertiary/aromatic N) is 1. The molecule has 3 nitrogen and oxygen atoms in total. The molecule has 1 N–H and O–H groups in total. The Morgan fingerprint density at radius 1 is 1.15 bits per heavy atom. The van der Waals surface area contributed by atoms with E-state index in [1.165, 1.54) is 0 Å². The number of hydrogen-bond donors (Lipinski definition) is 1. The topological polar surface area (TPSA) is 41.8 Å². The first-order valence-corrected chi connectivity index (χ1v) is 14.6. The van der Waals surface area contributed by atoms with Gasteiger partial charge in [0.05, 0.1) is 7.11 Å². The molecule has 2 aromatic carbocycles. The quantitative estimate of drug-likeness (QED) is 0.547. The molecule has 0 atom stereocenters. The van der Waals surface area contributed by atoms with Crippen molar-refractivity contribution < 1.29 is 30.7 Å². The van der Waals surface area contributed by atoms with Gasteiger partial charge in [-0.1, -0.05) is 44.2 Å². The van der Waals surface area contributed by atoms with Crippen LogP contribution in [0.1, 0.15) is 44.4 Å². The van der Waals surface area contributed by atoms with Gasteiger partial charge in [0, 0.05) is 28.8 Å². The van der Waals surface area contributed by atoms with E-state index >= 15 is 0 Å². The number of benzene rings is 2. The zero-order chi connectivity index (χ0) is 19.7. The van der Waals surface area contributed by atoms with Gasteiger partial charge in [0.25, 0.3) is 0 Å². The van der Waals surface area contributed by atoms with E-state index in [0.717, 1.165) is 11.1 Å². The molecule has 0 amide bonds. The van der Waals surface area contributed by atoms with E-state index in [4.69, 9.17) is 21.8 Å². The summed E-state index contributed by atoms with van der Waals surface area (Å²) >= 11 is -0.826. The molecular weight excluding hydrogens is 448 g/mol. The summed E-state index contributed by atoms with van der Waals surface area (Å²) < 4.78 is 5.42. The van der Waals surface area contributed by atoms with Crippen LogP contribution in [-0.2, 0) is 26.3 Å². The molecule has 0 aliphatic carbocycles. The SMILES string of the molecule is COc1cc(C=NC(C)C)c(O)c(C(C)(C)c2ccccc2)c1.[Cl][Zr][Cl]. The Morgan fingerprint density at radius 3 is 2.23 bits per heavy atom. The van der Waals surface area contributed by atoms with E-state index in [2.05, 4.69) is 31.0 Å². The van der Waals surface area contributed by atoms with Gasteiger partial charge in [-0.05, 0) is 31.5 Å². The van der Waals surface area contributed by atoms with Crippen LogP contribution in [0.2, 0.25) is 0 Å². The average molecular weight is 474 g/mol. The molecule has 0 unspecified atom stereocenters. The van der Waals surface area contributed by atoms with Gasteiger partial charge in [-0.15, -0.1) is 0 Å². The molecule has 0 spiro atoms. The van der Waals surface area contributed by atoms with E-state index in [0.29, 0.717) is 11.3 Å². The van der Waals surface area contributed by atoms with Crippen LogP contribution in [0.5, 0.6) is 11.5 Å². The molecule has 0 radical (unpaired) electrons. The van der Waals surface area contributed by atoms with Gasteiger partial charge in [0.15, 0.2) is 0 Å². The van der Waals surface area contributed by atoms with Crippen LogP contribution in [0.25, 0.3) is 0 Å². The van der Waals surface area contributed by atoms with Crippen molar-refractivity contribution in [3.05, 3.63) is 59.2 Å². The summed E-state index contributed by atoms with van der Waals surface area (Å²) in [5.74, 6) is 0.969. The van der Waals surface area contributed by atoms with Crippen molar-refractivity contribution >= 4 is 23.2 Å². The van der Waals surface area contributed by atoms with Gasteiger partial charge in [0.1, 0.15) is 11.5 Å². The molecule has 0 aromatic heterocycles. The number of phenolic OH excluding ortho intramolecular Hbond substituents is 1. The normalized spacial score (nSPS) is 11.2. The van der Waals surface area contributed by atoms with E-state index in [9.17, 15) is 5.11 Å². The summed E-state index contributed by atoms with van der Waals surface area (Å²) in [5, 5.41) is 10.8. The van der Waals surface area contributed by atoms with Crippen molar-refractivity contribution in [1.82, 2.24) is 0 Å². The molecule has 0 aliphatic rings. The van der Waals surface area contributed by atoms with Crippen LogP contribution < -0.4 is 4.74 Å². The molecule has 0 bridgehead atoms. The fraction of sp³-hybridized carbons (Fsp3) is 0.350. The van der Waals surface area contributed by atoms with Crippen molar-refractivity contribution in [2.75, 3.05) is 7.11 Å². The minimum atomic E-state index is -0.826. The second-order valence-electron chi connectivity index (χ2n) is 6.55.